The third-order valence-electron chi connectivity index (χ3n) is 4.73. The average Bonchev–Trinajstić information content (AvgIpc) is 2.31. The van der Waals surface area contributed by atoms with Crippen LogP contribution in [0.15, 0.2) is 23.3 Å². The van der Waals surface area contributed by atoms with Gasteiger partial charge in [-0.1, -0.05) is 24.6 Å². The van der Waals surface area contributed by atoms with Gasteiger partial charge in [0.05, 0.1) is 12.2 Å². The van der Waals surface area contributed by atoms with Gasteiger partial charge in [-0.25, -0.2) is 0 Å². The minimum absolute atomic E-state index is 0.0474. The Morgan fingerprint density at radius 3 is 2.50 bits per heavy atom. The number of hydrogen-bond acceptors (Lipinski definition) is 3. The van der Waals surface area contributed by atoms with E-state index in [2.05, 4.69) is 6.08 Å². The summed E-state index contributed by atoms with van der Waals surface area (Å²) in [6, 6.07) is 0. The smallest absolute Gasteiger partial charge is 0.0760 e. The molecule has 0 radical (unpaired) electrons. The van der Waals surface area contributed by atoms with E-state index in [0.717, 1.165) is 17.6 Å². The topological polar surface area (TPSA) is 60.7 Å². The quantitative estimate of drug-likeness (QED) is 0.653. The third kappa shape index (κ3) is 2.27. The molecule has 2 aliphatic rings. The maximum Gasteiger partial charge on any atom is 0.0760 e. The fourth-order valence-electron chi connectivity index (χ4n) is 3.55. The maximum atomic E-state index is 10.3. The van der Waals surface area contributed by atoms with Crippen LogP contribution in [0.25, 0.3) is 0 Å². The van der Waals surface area contributed by atoms with Crippen molar-refractivity contribution in [2.24, 2.45) is 23.7 Å². The Labute approximate surface area is 109 Å². The van der Waals surface area contributed by atoms with Gasteiger partial charge in [0, 0.05) is 12.5 Å². The Hall–Kier alpha value is -0.640. The lowest BCUT2D eigenvalue weighted by Gasteiger charge is -2.44. The first-order valence-corrected chi connectivity index (χ1v) is 6.79. The van der Waals surface area contributed by atoms with Crippen molar-refractivity contribution in [1.29, 1.82) is 0 Å². The van der Waals surface area contributed by atoms with E-state index in [4.69, 9.17) is 0 Å². The Kier molecular flexibility index (Phi) is 3.95. The third-order valence-corrected chi connectivity index (χ3v) is 4.73. The molecule has 0 saturated heterocycles. The summed E-state index contributed by atoms with van der Waals surface area (Å²) in [5, 5.41) is 29.6. The molecule has 3 N–H and O–H groups in total. The van der Waals surface area contributed by atoms with E-state index in [1.54, 1.807) is 0 Å². The van der Waals surface area contributed by atoms with Crippen molar-refractivity contribution in [3.05, 3.63) is 23.3 Å². The molecule has 0 heterocycles. The van der Waals surface area contributed by atoms with Gasteiger partial charge in [-0.3, -0.25) is 0 Å². The van der Waals surface area contributed by atoms with E-state index in [1.807, 2.05) is 26.8 Å². The lowest BCUT2D eigenvalue weighted by Crippen LogP contribution is -2.43. The molecular formula is C15H24O3. The molecule has 0 aromatic rings. The van der Waals surface area contributed by atoms with E-state index >= 15 is 0 Å². The second-order valence-corrected chi connectivity index (χ2v) is 5.98. The Morgan fingerprint density at radius 1 is 1.22 bits per heavy atom. The minimum atomic E-state index is -0.493. The molecule has 0 spiro atoms. The first kappa shape index (κ1) is 13.8. The standard InChI is InChI=1S/C15H24O3/c1-8-5-14(18)15(10(3)7-16)12-4-9(2)13(17)6-11(8)12/h4-5,10-18H,6-7H2,1-3H3. The second-order valence-electron chi connectivity index (χ2n) is 5.98. The molecule has 18 heavy (non-hydrogen) atoms. The van der Waals surface area contributed by atoms with Crippen LogP contribution < -0.4 is 0 Å². The van der Waals surface area contributed by atoms with Crippen molar-refractivity contribution < 1.29 is 15.3 Å². The van der Waals surface area contributed by atoms with Crippen LogP contribution in [-0.4, -0.2) is 34.1 Å². The molecule has 0 saturated carbocycles. The van der Waals surface area contributed by atoms with Gasteiger partial charge in [0.2, 0.25) is 0 Å². The van der Waals surface area contributed by atoms with Crippen molar-refractivity contribution >= 4 is 0 Å². The number of rotatable bonds is 2. The summed E-state index contributed by atoms with van der Waals surface area (Å²) in [7, 11) is 0. The highest BCUT2D eigenvalue weighted by molar-refractivity contribution is 5.25. The molecule has 6 atom stereocenters. The Bertz CT molecular complexity index is 372. The highest BCUT2D eigenvalue weighted by Gasteiger charge is 2.42. The van der Waals surface area contributed by atoms with Gasteiger partial charge in [0.15, 0.2) is 0 Å². The van der Waals surface area contributed by atoms with E-state index in [9.17, 15) is 15.3 Å². The van der Waals surface area contributed by atoms with E-state index < -0.39 is 6.10 Å². The zero-order valence-corrected chi connectivity index (χ0v) is 11.4. The van der Waals surface area contributed by atoms with Crippen molar-refractivity contribution in [2.75, 3.05) is 6.61 Å². The van der Waals surface area contributed by atoms with Crippen LogP contribution in [0.2, 0.25) is 0 Å². The summed E-state index contributed by atoms with van der Waals surface area (Å²) in [6.45, 7) is 6.05. The monoisotopic (exact) mass is 252 g/mol. The van der Waals surface area contributed by atoms with Crippen LogP contribution in [0.1, 0.15) is 27.2 Å². The molecule has 2 rings (SSSR count). The van der Waals surface area contributed by atoms with Gasteiger partial charge in [-0.2, -0.15) is 0 Å². The Morgan fingerprint density at radius 2 is 1.89 bits per heavy atom. The average molecular weight is 252 g/mol. The number of allylic oxidation sites excluding steroid dienone is 2. The van der Waals surface area contributed by atoms with E-state index in [-0.39, 0.29) is 30.5 Å². The van der Waals surface area contributed by atoms with Crippen LogP contribution in [0.5, 0.6) is 0 Å². The highest BCUT2D eigenvalue weighted by atomic mass is 16.3. The number of aliphatic hydroxyl groups is 3. The lowest BCUT2D eigenvalue weighted by molar-refractivity contribution is 0.0222. The fraction of sp³-hybridized carbons (Fsp3) is 0.733. The van der Waals surface area contributed by atoms with Crippen LogP contribution in [0, 0.1) is 23.7 Å². The predicted octanol–water partition coefficient (Wildman–Crippen LogP) is 1.50. The van der Waals surface area contributed by atoms with Gasteiger partial charge < -0.3 is 15.3 Å². The second kappa shape index (κ2) is 5.16. The van der Waals surface area contributed by atoms with Crippen molar-refractivity contribution in [2.45, 2.75) is 39.4 Å². The van der Waals surface area contributed by atoms with Crippen LogP contribution >= 0.6 is 0 Å². The van der Waals surface area contributed by atoms with Gasteiger partial charge >= 0.3 is 0 Å². The fourth-order valence-corrected chi connectivity index (χ4v) is 3.55. The number of hydrogen-bond donors (Lipinski definition) is 3. The summed E-state index contributed by atoms with van der Waals surface area (Å²) < 4.78 is 0. The summed E-state index contributed by atoms with van der Waals surface area (Å²) in [5.41, 5.74) is 2.16. The largest absolute Gasteiger partial charge is 0.396 e. The van der Waals surface area contributed by atoms with Gasteiger partial charge in [0.25, 0.3) is 0 Å². The summed E-state index contributed by atoms with van der Waals surface area (Å²) in [6.07, 6.45) is 3.88. The van der Waals surface area contributed by atoms with Crippen molar-refractivity contribution in [3.8, 4) is 0 Å². The van der Waals surface area contributed by atoms with Gasteiger partial charge in [0.1, 0.15) is 0 Å². The number of fused-ring (bicyclic) bond motifs is 1. The van der Waals surface area contributed by atoms with Gasteiger partial charge in [-0.15, -0.1) is 0 Å². The summed E-state index contributed by atoms with van der Waals surface area (Å²) in [4.78, 5) is 0. The molecule has 3 heteroatoms. The summed E-state index contributed by atoms with van der Waals surface area (Å²) in [5.74, 6) is 0.643. The van der Waals surface area contributed by atoms with Crippen molar-refractivity contribution in [3.63, 3.8) is 0 Å². The summed E-state index contributed by atoms with van der Waals surface area (Å²) >= 11 is 0. The van der Waals surface area contributed by atoms with Crippen molar-refractivity contribution in [1.82, 2.24) is 0 Å². The molecule has 0 aliphatic heterocycles. The molecule has 3 nitrogen and oxygen atoms in total. The molecule has 0 aromatic heterocycles. The zero-order chi connectivity index (χ0) is 13.4. The SMILES string of the molecule is CC1=CC2C(CC1O)C(C)=CC(O)C2C(C)CO. The minimum Gasteiger partial charge on any atom is -0.396 e. The molecule has 102 valence electrons. The van der Waals surface area contributed by atoms with Crippen LogP contribution in [-0.2, 0) is 0 Å². The molecule has 0 amide bonds. The Balaban J connectivity index is 2.37. The highest BCUT2D eigenvalue weighted by Crippen LogP contribution is 2.45. The molecule has 0 bridgehead atoms. The maximum absolute atomic E-state index is 10.3. The van der Waals surface area contributed by atoms with Crippen LogP contribution in [0.3, 0.4) is 0 Å². The van der Waals surface area contributed by atoms with Crippen LogP contribution in [0.4, 0.5) is 0 Å². The molecular weight excluding hydrogens is 228 g/mol. The molecule has 0 aromatic carbocycles. The molecule has 2 aliphatic carbocycles. The lowest BCUT2D eigenvalue weighted by atomic mass is 9.62. The zero-order valence-electron chi connectivity index (χ0n) is 11.4. The molecule has 0 fully saturated rings. The van der Waals surface area contributed by atoms with E-state index in [0.29, 0.717) is 5.92 Å². The number of aliphatic hydroxyl groups excluding tert-OH is 3. The predicted molar refractivity (Wildman–Crippen MR) is 70.9 cm³/mol. The van der Waals surface area contributed by atoms with E-state index in [1.165, 1.54) is 0 Å². The van der Waals surface area contributed by atoms with Gasteiger partial charge in [-0.05, 0) is 43.6 Å². The first-order valence-electron chi connectivity index (χ1n) is 6.79. The normalized spacial score (nSPS) is 41.8. The first-order chi connectivity index (χ1) is 8.45. The molecule has 6 unspecified atom stereocenters.